The molecule has 3 heterocycles. The normalized spacial score (nSPS) is 18.1. The fourth-order valence-corrected chi connectivity index (χ4v) is 2.65. The predicted octanol–water partition coefficient (Wildman–Crippen LogP) is 0.142. The van der Waals surface area contributed by atoms with Gasteiger partial charge in [-0.2, -0.15) is 0 Å². The molecule has 2 aromatic rings. The van der Waals surface area contributed by atoms with Gasteiger partial charge in [0.2, 0.25) is 11.7 Å². The number of pyridine rings is 1. The van der Waals surface area contributed by atoms with Crippen molar-refractivity contribution in [2.45, 2.75) is 32.4 Å². The lowest BCUT2D eigenvalue weighted by Gasteiger charge is -2.26. The zero-order chi connectivity index (χ0) is 19.4. The summed E-state index contributed by atoms with van der Waals surface area (Å²) in [5.41, 5.74) is 0.516. The highest BCUT2D eigenvalue weighted by Crippen LogP contribution is 2.19. The molecule has 0 spiro atoms. The van der Waals surface area contributed by atoms with Crippen molar-refractivity contribution in [1.82, 2.24) is 25.8 Å². The number of carbonyl (C=O) groups is 3. The molecule has 142 valence electrons. The van der Waals surface area contributed by atoms with Gasteiger partial charge in [0.15, 0.2) is 0 Å². The molecule has 2 aromatic heterocycles. The minimum atomic E-state index is -0.832. The highest BCUT2D eigenvalue weighted by molar-refractivity contribution is 6.39. The Hall–Kier alpha value is -3.30. The van der Waals surface area contributed by atoms with E-state index in [0.29, 0.717) is 18.7 Å². The molecule has 0 radical (unpaired) electrons. The second-order valence-electron chi connectivity index (χ2n) is 6.46. The smallest absolute Gasteiger partial charge is 0.316 e. The van der Waals surface area contributed by atoms with Gasteiger partial charge < -0.3 is 20.4 Å². The first-order valence-corrected chi connectivity index (χ1v) is 8.59. The average molecular weight is 372 g/mol. The van der Waals surface area contributed by atoms with Crippen LogP contribution in [0.25, 0.3) is 11.6 Å². The number of aromatic nitrogens is 3. The summed E-state index contributed by atoms with van der Waals surface area (Å²) >= 11 is 0. The monoisotopic (exact) mass is 372 g/mol. The van der Waals surface area contributed by atoms with E-state index >= 15 is 0 Å². The number of amides is 2. The van der Waals surface area contributed by atoms with Gasteiger partial charge in [-0.25, -0.2) is 0 Å². The van der Waals surface area contributed by atoms with Crippen LogP contribution in [0.5, 0.6) is 0 Å². The summed E-state index contributed by atoms with van der Waals surface area (Å²) in [6.07, 6.45) is 1.96. The molecule has 3 N–H and O–H groups in total. The van der Waals surface area contributed by atoms with E-state index in [-0.39, 0.29) is 17.8 Å². The van der Waals surface area contributed by atoms with Crippen LogP contribution in [-0.2, 0) is 14.4 Å². The summed E-state index contributed by atoms with van der Waals surface area (Å²) in [5, 5.41) is 15.8. The SMILES string of the molecule is CC(C)C(Nc1nnc(-c2ccccn2)o1)C(=O)NC1CCNC(=O)C1=O. The van der Waals surface area contributed by atoms with Gasteiger partial charge in [-0.1, -0.05) is 25.0 Å². The Morgan fingerprint density at radius 3 is 2.81 bits per heavy atom. The van der Waals surface area contributed by atoms with Crippen molar-refractivity contribution in [2.75, 3.05) is 11.9 Å². The molecule has 0 aliphatic carbocycles. The second-order valence-corrected chi connectivity index (χ2v) is 6.46. The number of ketones is 1. The Bertz CT molecular complexity index is 835. The molecule has 0 bridgehead atoms. The molecule has 10 nitrogen and oxygen atoms in total. The molecule has 27 heavy (non-hydrogen) atoms. The van der Waals surface area contributed by atoms with E-state index in [1.54, 1.807) is 24.4 Å². The lowest BCUT2D eigenvalue weighted by atomic mass is 10.0. The fraction of sp³-hybridized carbons (Fsp3) is 0.412. The third-order valence-electron chi connectivity index (χ3n) is 4.11. The van der Waals surface area contributed by atoms with Crippen molar-refractivity contribution in [3.05, 3.63) is 24.4 Å². The van der Waals surface area contributed by atoms with Gasteiger partial charge in [0.05, 0.1) is 6.04 Å². The molecular formula is C17H20N6O4. The maximum absolute atomic E-state index is 12.6. The highest BCUT2D eigenvalue weighted by Gasteiger charge is 2.33. The number of hydrogen-bond donors (Lipinski definition) is 3. The number of nitrogens with one attached hydrogen (secondary N) is 3. The molecule has 10 heteroatoms. The number of Topliss-reactive ketones (excluding diaryl/α,β-unsaturated/α-hetero) is 1. The van der Waals surface area contributed by atoms with Crippen LogP contribution in [0, 0.1) is 5.92 Å². The number of carbonyl (C=O) groups excluding carboxylic acids is 3. The van der Waals surface area contributed by atoms with Crippen LogP contribution in [0.15, 0.2) is 28.8 Å². The minimum Gasteiger partial charge on any atom is -0.402 e. The van der Waals surface area contributed by atoms with Gasteiger partial charge in [-0.3, -0.25) is 19.4 Å². The van der Waals surface area contributed by atoms with Crippen LogP contribution in [-0.4, -0.2) is 51.4 Å². The van der Waals surface area contributed by atoms with Crippen molar-refractivity contribution >= 4 is 23.6 Å². The largest absolute Gasteiger partial charge is 0.402 e. The number of anilines is 1. The standard InChI is InChI=1S/C17H20N6O4/c1-9(2)12(14(25)20-10-6-8-19-15(26)13(10)24)21-17-23-22-16(27-17)11-5-3-4-7-18-11/h3-5,7,9-10,12H,6,8H2,1-2H3,(H,19,26)(H,20,25)(H,21,23). The number of piperidine rings is 1. The van der Waals surface area contributed by atoms with Crippen molar-refractivity contribution in [3.63, 3.8) is 0 Å². The Morgan fingerprint density at radius 1 is 1.30 bits per heavy atom. The summed E-state index contributed by atoms with van der Waals surface area (Å²) in [4.78, 5) is 40.1. The van der Waals surface area contributed by atoms with E-state index in [2.05, 4.69) is 31.1 Å². The molecule has 3 rings (SSSR count). The molecule has 0 saturated carbocycles. The third-order valence-corrected chi connectivity index (χ3v) is 4.11. The summed E-state index contributed by atoms with van der Waals surface area (Å²) in [6, 6.07) is 3.80. The molecular weight excluding hydrogens is 352 g/mol. The van der Waals surface area contributed by atoms with E-state index in [1.807, 2.05) is 13.8 Å². The number of hydrogen-bond acceptors (Lipinski definition) is 8. The van der Waals surface area contributed by atoms with Gasteiger partial charge >= 0.3 is 6.01 Å². The minimum absolute atomic E-state index is 0.0669. The molecule has 0 aromatic carbocycles. The van der Waals surface area contributed by atoms with Crippen LogP contribution in [0.3, 0.4) is 0 Å². The first-order chi connectivity index (χ1) is 13.0. The van der Waals surface area contributed by atoms with E-state index < -0.39 is 29.7 Å². The van der Waals surface area contributed by atoms with E-state index in [4.69, 9.17) is 4.42 Å². The first kappa shape index (κ1) is 18.5. The predicted molar refractivity (Wildman–Crippen MR) is 94.3 cm³/mol. The molecule has 1 saturated heterocycles. The van der Waals surface area contributed by atoms with E-state index in [0.717, 1.165) is 0 Å². The number of nitrogens with zero attached hydrogens (tertiary/aromatic N) is 3. The van der Waals surface area contributed by atoms with Crippen molar-refractivity contribution in [2.24, 2.45) is 5.92 Å². The van der Waals surface area contributed by atoms with Crippen LogP contribution in [0.4, 0.5) is 6.01 Å². The van der Waals surface area contributed by atoms with Crippen molar-refractivity contribution < 1.29 is 18.8 Å². The van der Waals surface area contributed by atoms with Crippen LogP contribution >= 0.6 is 0 Å². The van der Waals surface area contributed by atoms with Crippen LogP contribution in [0.1, 0.15) is 20.3 Å². The lowest BCUT2D eigenvalue weighted by Crippen LogP contribution is -2.56. The molecule has 1 aliphatic rings. The molecule has 1 fully saturated rings. The maximum atomic E-state index is 12.6. The lowest BCUT2D eigenvalue weighted by molar-refractivity contribution is -0.141. The molecule has 1 aliphatic heterocycles. The summed E-state index contributed by atoms with van der Waals surface area (Å²) < 4.78 is 5.52. The van der Waals surface area contributed by atoms with Crippen molar-refractivity contribution in [3.8, 4) is 11.6 Å². The topological polar surface area (TPSA) is 139 Å². The Labute approximate surface area is 155 Å². The first-order valence-electron chi connectivity index (χ1n) is 8.59. The molecule has 2 atom stereocenters. The van der Waals surface area contributed by atoms with Gasteiger partial charge in [0.1, 0.15) is 11.7 Å². The highest BCUT2D eigenvalue weighted by atomic mass is 16.4. The maximum Gasteiger partial charge on any atom is 0.316 e. The van der Waals surface area contributed by atoms with Crippen LogP contribution in [0.2, 0.25) is 0 Å². The average Bonchev–Trinajstić information content (AvgIpc) is 3.13. The van der Waals surface area contributed by atoms with Gasteiger partial charge in [0.25, 0.3) is 11.8 Å². The Balaban J connectivity index is 1.69. The van der Waals surface area contributed by atoms with E-state index in [1.165, 1.54) is 0 Å². The molecule has 2 unspecified atom stereocenters. The summed E-state index contributed by atoms with van der Waals surface area (Å²) in [5.74, 6) is -1.66. The van der Waals surface area contributed by atoms with Gasteiger partial charge in [-0.05, 0) is 24.5 Å². The Kier molecular flexibility index (Phi) is 5.43. The quantitative estimate of drug-likeness (QED) is 0.609. The zero-order valence-electron chi connectivity index (χ0n) is 14.9. The summed E-state index contributed by atoms with van der Waals surface area (Å²) in [7, 11) is 0. The van der Waals surface area contributed by atoms with Gasteiger partial charge in [-0.15, -0.1) is 5.10 Å². The summed E-state index contributed by atoms with van der Waals surface area (Å²) in [6.45, 7) is 4.01. The van der Waals surface area contributed by atoms with E-state index in [9.17, 15) is 14.4 Å². The third kappa shape index (κ3) is 4.27. The zero-order valence-corrected chi connectivity index (χ0v) is 14.9. The second kappa shape index (κ2) is 7.94. The van der Waals surface area contributed by atoms with Crippen LogP contribution < -0.4 is 16.0 Å². The van der Waals surface area contributed by atoms with Crippen molar-refractivity contribution in [1.29, 1.82) is 0 Å². The number of rotatable bonds is 6. The fourth-order valence-electron chi connectivity index (χ4n) is 2.65. The molecule has 2 amide bonds. The Morgan fingerprint density at radius 2 is 2.11 bits per heavy atom. The van der Waals surface area contributed by atoms with Gasteiger partial charge in [0, 0.05) is 12.7 Å².